The predicted octanol–water partition coefficient (Wildman–Crippen LogP) is 2.30. The molecular formula is C10H19N3S2. The van der Waals surface area contributed by atoms with E-state index in [1.807, 2.05) is 18.0 Å². The number of thioether (sulfide) groups is 1. The molecule has 0 radical (unpaired) electrons. The first-order chi connectivity index (χ1) is 7.26. The van der Waals surface area contributed by atoms with Crippen molar-refractivity contribution in [3.05, 3.63) is 11.1 Å². The van der Waals surface area contributed by atoms with Gasteiger partial charge in [-0.1, -0.05) is 13.8 Å². The van der Waals surface area contributed by atoms with E-state index in [4.69, 9.17) is 5.73 Å². The quantitative estimate of drug-likeness (QED) is 0.749. The second kappa shape index (κ2) is 7.09. The van der Waals surface area contributed by atoms with Crippen LogP contribution in [0.5, 0.6) is 0 Å². The van der Waals surface area contributed by atoms with Crippen LogP contribution in [0.15, 0.2) is 6.20 Å². The number of nitrogens with zero attached hydrogens (tertiary/aromatic N) is 2. The van der Waals surface area contributed by atoms with Gasteiger partial charge in [0.1, 0.15) is 0 Å². The van der Waals surface area contributed by atoms with Gasteiger partial charge in [-0.05, 0) is 13.1 Å². The lowest BCUT2D eigenvalue weighted by atomic mass is 10.5. The van der Waals surface area contributed by atoms with Crippen LogP contribution in [-0.4, -0.2) is 35.3 Å². The molecule has 1 rings (SSSR count). The van der Waals surface area contributed by atoms with Gasteiger partial charge in [0.2, 0.25) is 0 Å². The molecule has 2 N–H and O–H groups in total. The minimum absolute atomic E-state index is 0.675. The molecule has 0 unspecified atom stereocenters. The molecule has 0 amide bonds. The lowest BCUT2D eigenvalue weighted by Crippen LogP contribution is -2.25. The van der Waals surface area contributed by atoms with Crippen molar-refractivity contribution in [3.63, 3.8) is 0 Å². The Labute approximate surface area is 100 Å². The first-order valence-corrected chi connectivity index (χ1v) is 7.23. The van der Waals surface area contributed by atoms with Gasteiger partial charge in [-0.2, -0.15) is 11.8 Å². The summed E-state index contributed by atoms with van der Waals surface area (Å²) in [6.45, 7) is 7.87. The minimum Gasteiger partial charge on any atom is -0.375 e. The lowest BCUT2D eigenvalue weighted by molar-refractivity contribution is 0.324. The predicted molar refractivity (Wildman–Crippen MR) is 70.5 cm³/mol. The maximum Gasteiger partial charge on any atom is 0.180 e. The fourth-order valence-electron chi connectivity index (χ4n) is 1.30. The Kier molecular flexibility index (Phi) is 6.05. The minimum atomic E-state index is 0.675. The Balaban J connectivity index is 2.11. The molecule has 0 aliphatic rings. The fraction of sp³-hybridized carbons (Fsp3) is 0.700. The van der Waals surface area contributed by atoms with Crippen LogP contribution in [0, 0.1) is 0 Å². The molecule has 0 saturated heterocycles. The van der Waals surface area contributed by atoms with Crippen molar-refractivity contribution < 1.29 is 0 Å². The molecule has 1 aromatic heterocycles. The zero-order chi connectivity index (χ0) is 11.1. The first kappa shape index (κ1) is 12.8. The number of hydrogen-bond donors (Lipinski definition) is 1. The number of aromatic nitrogens is 1. The number of rotatable bonds is 7. The van der Waals surface area contributed by atoms with Crippen molar-refractivity contribution in [2.24, 2.45) is 0 Å². The first-order valence-electron chi connectivity index (χ1n) is 5.26. The van der Waals surface area contributed by atoms with E-state index in [1.54, 1.807) is 11.3 Å². The number of nitrogen functional groups attached to an aromatic ring is 1. The third-order valence-corrected chi connectivity index (χ3v) is 4.26. The van der Waals surface area contributed by atoms with Crippen molar-refractivity contribution in [2.45, 2.75) is 19.6 Å². The molecule has 5 heteroatoms. The molecule has 0 aliphatic carbocycles. The van der Waals surface area contributed by atoms with Gasteiger partial charge < -0.3 is 10.6 Å². The summed E-state index contributed by atoms with van der Waals surface area (Å²) in [5.41, 5.74) is 5.56. The normalized spacial score (nSPS) is 11.1. The second-order valence-electron chi connectivity index (χ2n) is 3.24. The number of nitrogens with two attached hydrogens (primary N) is 1. The van der Waals surface area contributed by atoms with E-state index in [0.29, 0.717) is 5.13 Å². The maximum atomic E-state index is 5.56. The average Bonchev–Trinajstić information content (AvgIpc) is 2.65. The molecule has 0 aliphatic heterocycles. The highest BCUT2D eigenvalue weighted by atomic mass is 32.2. The Morgan fingerprint density at radius 3 is 2.73 bits per heavy atom. The third-order valence-electron chi connectivity index (χ3n) is 2.26. The van der Waals surface area contributed by atoms with Crippen LogP contribution in [0.2, 0.25) is 0 Å². The summed E-state index contributed by atoms with van der Waals surface area (Å²) in [7, 11) is 0. The Hall–Kier alpha value is -0.260. The smallest absolute Gasteiger partial charge is 0.180 e. The van der Waals surface area contributed by atoms with Crippen molar-refractivity contribution in [2.75, 3.05) is 31.1 Å². The lowest BCUT2D eigenvalue weighted by Gasteiger charge is -2.16. The zero-order valence-electron chi connectivity index (χ0n) is 9.40. The van der Waals surface area contributed by atoms with Crippen LogP contribution < -0.4 is 5.73 Å². The van der Waals surface area contributed by atoms with E-state index in [9.17, 15) is 0 Å². The summed E-state index contributed by atoms with van der Waals surface area (Å²) < 4.78 is 0. The summed E-state index contributed by atoms with van der Waals surface area (Å²) in [5.74, 6) is 2.22. The summed E-state index contributed by atoms with van der Waals surface area (Å²) in [4.78, 5) is 7.75. The van der Waals surface area contributed by atoms with Gasteiger partial charge in [-0.15, -0.1) is 11.3 Å². The number of anilines is 1. The van der Waals surface area contributed by atoms with E-state index in [0.717, 1.165) is 18.8 Å². The van der Waals surface area contributed by atoms with Crippen LogP contribution in [0.4, 0.5) is 5.13 Å². The maximum absolute atomic E-state index is 5.56. The SMILES string of the molecule is CCN(CC)CCSCc1cnc(N)s1. The molecule has 0 aromatic carbocycles. The van der Waals surface area contributed by atoms with Crippen LogP contribution in [-0.2, 0) is 5.75 Å². The third kappa shape index (κ3) is 4.86. The average molecular weight is 245 g/mol. The van der Waals surface area contributed by atoms with Crippen molar-refractivity contribution in [1.29, 1.82) is 0 Å². The zero-order valence-corrected chi connectivity index (χ0v) is 11.0. The van der Waals surface area contributed by atoms with E-state index in [2.05, 4.69) is 23.7 Å². The van der Waals surface area contributed by atoms with Gasteiger partial charge in [0.25, 0.3) is 0 Å². The number of hydrogen-bond acceptors (Lipinski definition) is 5. The monoisotopic (exact) mass is 245 g/mol. The highest BCUT2D eigenvalue weighted by Gasteiger charge is 2.01. The molecule has 1 heterocycles. The van der Waals surface area contributed by atoms with Crippen LogP contribution >= 0.6 is 23.1 Å². The van der Waals surface area contributed by atoms with Gasteiger partial charge in [0.15, 0.2) is 5.13 Å². The molecule has 0 bridgehead atoms. The molecular weight excluding hydrogens is 226 g/mol. The Morgan fingerprint density at radius 1 is 1.47 bits per heavy atom. The van der Waals surface area contributed by atoms with Crippen LogP contribution in [0.1, 0.15) is 18.7 Å². The van der Waals surface area contributed by atoms with Gasteiger partial charge in [-0.25, -0.2) is 4.98 Å². The van der Waals surface area contributed by atoms with Crippen molar-refractivity contribution in [1.82, 2.24) is 9.88 Å². The van der Waals surface area contributed by atoms with Gasteiger partial charge in [-0.3, -0.25) is 0 Å². The Bertz CT molecular complexity index is 271. The highest BCUT2D eigenvalue weighted by molar-refractivity contribution is 7.98. The second-order valence-corrected chi connectivity index (χ2v) is 5.50. The topological polar surface area (TPSA) is 42.2 Å². The summed E-state index contributed by atoms with van der Waals surface area (Å²) >= 11 is 3.54. The standard InChI is InChI=1S/C10H19N3S2/c1-3-13(4-2)5-6-14-8-9-7-12-10(11)15-9/h7H,3-6,8H2,1-2H3,(H2,11,12). The summed E-state index contributed by atoms with van der Waals surface area (Å²) in [6.07, 6.45) is 1.88. The molecule has 0 spiro atoms. The summed E-state index contributed by atoms with van der Waals surface area (Å²) in [5, 5.41) is 0.675. The molecule has 1 aromatic rings. The largest absolute Gasteiger partial charge is 0.375 e. The fourth-order valence-corrected chi connectivity index (χ4v) is 3.07. The summed E-state index contributed by atoms with van der Waals surface area (Å²) in [6, 6.07) is 0. The molecule has 0 fully saturated rings. The number of thiazole rings is 1. The van der Waals surface area contributed by atoms with Gasteiger partial charge in [0.05, 0.1) is 0 Å². The van der Waals surface area contributed by atoms with Crippen molar-refractivity contribution >= 4 is 28.2 Å². The van der Waals surface area contributed by atoms with E-state index >= 15 is 0 Å². The molecule has 0 atom stereocenters. The highest BCUT2D eigenvalue weighted by Crippen LogP contribution is 2.20. The van der Waals surface area contributed by atoms with Gasteiger partial charge >= 0.3 is 0 Å². The van der Waals surface area contributed by atoms with E-state index in [1.165, 1.54) is 17.2 Å². The molecule has 86 valence electrons. The molecule has 3 nitrogen and oxygen atoms in total. The van der Waals surface area contributed by atoms with Crippen LogP contribution in [0.3, 0.4) is 0 Å². The molecule has 0 saturated carbocycles. The Morgan fingerprint density at radius 2 is 2.20 bits per heavy atom. The molecule has 15 heavy (non-hydrogen) atoms. The van der Waals surface area contributed by atoms with Crippen LogP contribution in [0.25, 0.3) is 0 Å². The van der Waals surface area contributed by atoms with Gasteiger partial charge in [0, 0.05) is 29.1 Å². The van der Waals surface area contributed by atoms with Crippen molar-refractivity contribution in [3.8, 4) is 0 Å². The van der Waals surface area contributed by atoms with E-state index in [-0.39, 0.29) is 0 Å². The van der Waals surface area contributed by atoms with E-state index < -0.39 is 0 Å².